The summed E-state index contributed by atoms with van der Waals surface area (Å²) < 4.78 is 7.96. The molecule has 1 aromatic heterocycles. The highest BCUT2D eigenvalue weighted by atomic mass is 16.5. The van der Waals surface area contributed by atoms with E-state index < -0.39 is 0 Å². The van der Waals surface area contributed by atoms with E-state index in [0.717, 1.165) is 6.54 Å². The maximum absolute atomic E-state index is 5.81. The molecule has 1 fully saturated rings. The van der Waals surface area contributed by atoms with Crippen molar-refractivity contribution >= 4 is 0 Å². The lowest BCUT2D eigenvalue weighted by Crippen LogP contribution is -2.15. The van der Waals surface area contributed by atoms with Gasteiger partial charge in [0.2, 0.25) is 0 Å². The van der Waals surface area contributed by atoms with Crippen LogP contribution in [0.3, 0.4) is 0 Å². The van der Waals surface area contributed by atoms with E-state index in [1.54, 1.807) is 0 Å². The van der Waals surface area contributed by atoms with E-state index in [9.17, 15) is 0 Å². The van der Waals surface area contributed by atoms with Crippen molar-refractivity contribution in [3.63, 3.8) is 0 Å². The lowest BCUT2D eigenvalue weighted by Gasteiger charge is -2.11. The van der Waals surface area contributed by atoms with Crippen LogP contribution in [-0.2, 0) is 11.3 Å². The van der Waals surface area contributed by atoms with Crippen LogP contribution in [0.4, 0.5) is 0 Å². The summed E-state index contributed by atoms with van der Waals surface area (Å²) >= 11 is 0. The van der Waals surface area contributed by atoms with Crippen molar-refractivity contribution in [2.45, 2.75) is 51.5 Å². The van der Waals surface area contributed by atoms with Gasteiger partial charge in [0.25, 0.3) is 0 Å². The van der Waals surface area contributed by atoms with Crippen molar-refractivity contribution < 1.29 is 4.74 Å². The molecule has 0 aromatic carbocycles. The Morgan fingerprint density at radius 1 is 1.60 bits per heavy atom. The zero-order valence-electron chi connectivity index (χ0n) is 9.52. The lowest BCUT2D eigenvalue weighted by molar-refractivity contribution is 0.0458. The third-order valence-corrected chi connectivity index (χ3v) is 3.03. The quantitative estimate of drug-likeness (QED) is 0.826. The molecular formula is C12H20N2O. The second kappa shape index (κ2) is 4.37. The van der Waals surface area contributed by atoms with E-state index in [0.29, 0.717) is 12.2 Å². The summed E-state index contributed by atoms with van der Waals surface area (Å²) in [6.07, 6.45) is 7.38. The van der Waals surface area contributed by atoms with Crippen LogP contribution in [0.5, 0.6) is 0 Å². The number of ether oxygens (including phenoxy) is 1. The van der Waals surface area contributed by atoms with E-state index in [1.165, 1.54) is 18.4 Å². The van der Waals surface area contributed by atoms with Crippen LogP contribution in [0.1, 0.15) is 38.3 Å². The number of nitrogens with two attached hydrogens (primary N) is 1. The maximum atomic E-state index is 5.81. The van der Waals surface area contributed by atoms with E-state index in [-0.39, 0.29) is 6.04 Å². The lowest BCUT2D eigenvalue weighted by atomic mass is 10.2. The smallest absolute Gasteiger partial charge is 0.0758 e. The number of hydrogen-bond acceptors (Lipinski definition) is 2. The van der Waals surface area contributed by atoms with Gasteiger partial charge >= 0.3 is 0 Å². The molecule has 0 radical (unpaired) electrons. The Morgan fingerprint density at radius 2 is 2.40 bits per heavy atom. The third kappa shape index (κ3) is 2.61. The van der Waals surface area contributed by atoms with Gasteiger partial charge in [0, 0.05) is 25.0 Å². The first-order valence-corrected chi connectivity index (χ1v) is 5.72. The molecule has 1 aromatic rings. The van der Waals surface area contributed by atoms with E-state index in [4.69, 9.17) is 10.5 Å². The molecule has 0 amide bonds. The van der Waals surface area contributed by atoms with Gasteiger partial charge in [-0.05, 0) is 38.3 Å². The molecule has 3 atom stereocenters. The molecular weight excluding hydrogens is 188 g/mol. The summed E-state index contributed by atoms with van der Waals surface area (Å²) in [5.74, 6) is 0. The van der Waals surface area contributed by atoms with E-state index in [1.807, 2.05) is 6.92 Å². The van der Waals surface area contributed by atoms with Gasteiger partial charge in [-0.3, -0.25) is 0 Å². The van der Waals surface area contributed by atoms with Crippen LogP contribution in [0.25, 0.3) is 0 Å². The summed E-state index contributed by atoms with van der Waals surface area (Å²) in [4.78, 5) is 0. The number of hydrogen-bond donors (Lipinski definition) is 1. The van der Waals surface area contributed by atoms with Gasteiger partial charge < -0.3 is 15.0 Å². The van der Waals surface area contributed by atoms with Crippen LogP contribution in [0.15, 0.2) is 18.5 Å². The molecule has 2 N–H and O–H groups in total. The van der Waals surface area contributed by atoms with Crippen LogP contribution < -0.4 is 5.73 Å². The number of aromatic nitrogens is 1. The predicted molar refractivity (Wildman–Crippen MR) is 60.6 cm³/mol. The van der Waals surface area contributed by atoms with Gasteiger partial charge in [-0.15, -0.1) is 0 Å². The fourth-order valence-corrected chi connectivity index (χ4v) is 2.10. The highest BCUT2D eigenvalue weighted by molar-refractivity contribution is 5.13. The largest absolute Gasteiger partial charge is 0.373 e. The summed E-state index contributed by atoms with van der Waals surface area (Å²) in [7, 11) is 0. The molecule has 0 spiro atoms. The first kappa shape index (κ1) is 10.7. The monoisotopic (exact) mass is 208 g/mol. The van der Waals surface area contributed by atoms with Crippen molar-refractivity contribution in [2.24, 2.45) is 5.73 Å². The Kier molecular flexibility index (Phi) is 3.12. The summed E-state index contributed by atoms with van der Waals surface area (Å²) in [6, 6.07) is 2.21. The standard InChI is InChI=1S/C12H20N2O/c1-9-3-4-12(15-9)8-14-6-5-11(7-14)10(2)13/h5-7,9-10,12H,3-4,8,13H2,1-2H3. The Bertz CT molecular complexity index is 319. The van der Waals surface area contributed by atoms with Gasteiger partial charge in [-0.2, -0.15) is 0 Å². The summed E-state index contributed by atoms with van der Waals surface area (Å²) in [6.45, 7) is 5.11. The van der Waals surface area contributed by atoms with Crippen LogP contribution in [0.2, 0.25) is 0 Å². The molecule has 2 rings (SSSR count). The molecule has 2 heterocycles. The summed E-state index contributed by atoms with van der Waals surface area (Å²) in [5, 5.41) is 0. The molecule has 3 heteroatoms. The highest BCUT2D eigenvalue weighted by Crippen LogP contribution is 2.21. The highest BCUT2D eigenvalue weighted by Gasteiger charge is 2.21. The number of nitrogens with zero attached hydrogens (tertiary/aromatic N) is 1. The first-order chi connectivity index (χ1) is 7.15. The predicted octanol–water partition coefficient (Wildman–Crippen LogP) is 2.08. The van der Waals surface area contributed by atoms with Crippen molar-refractivity contribution in [3.8, 4) is 0 Å². The average Bonchev–Trinajstić information content (AvgIpc) is 2.76. The second-order valence-electron chi connectivity index (χ2n) is 4.58. The van der Waals surface area contributed by atoms with Crippen LogP contribution in [0, 0.1) is 0 Å². The minimum absolute atomic E-state index is 0.120. The zero-order valence-corrected chi connectivity index (χ0v) is 9.52. The maximum Gasteiger partial charge on any atom is 0.0758 e. The Labute approximate surface area is 91.2 Å². The Morgan fingerprint density at radius 3 is 2.93 bits per heavy atom. The minimum atomic E-state index is 0.120. The first-order valence-electron chi connectivity index (χ1n) is 5.72. The van der Waals surface area contributed by atoms with Crippen molar-refractivity contribution in [2.75, 3.05) is 0 Å². The molecule has 0 aliphatic carbocycles. The summed E-state index contributed by atoms with van der Waals surface area (Å²) in [5.41, 5.74) is 7.01. The van der Waals surface area contributed by atoms with Crippen LogP contribution >= 0.6 is 0 Å². The van der Waals surface area contributed by atoms with E-state index in [2.05, 4.69) is 30.0 Å². The van der Waals surface area contributed by atoms with Crippen molar-refractivity contribution in [1.29, 1.82) is 0 Å². The Balaban J connectivity index is 1.93. The third-order valence-electron chi connectivity index (χ3n) is 3.03. The molecule has 84 valence electrons. The van der Waals surface area contributed by atoms with Crippen molar-refractivity contribution in [3.05, 3.63) is 24.0 Å². The van der Waals surface area contributed by atoms with Gasteiger partial charge in [0.05, 0.1) is 12.2 Å². The molecule has 0 saturated carbocycles. The van der Waals surface area contributed by atoms with Crippen LogP contribution in [-0.4, -0.2) is 16.8 Å². The fraction of sp³-hybridized carbons (Fsp3) is 0.667. The Hall–Kier alpha value is -0.800. The number of rotatable bonds is 3. The fourth-order valence-electron chi connectivity index (χ4n) is 2.10. The van der Waals surface area contributed by atoms with E-state index >= 15 is 0 Å². The SMILES string of the molecule is CC1CCC(Cn2ccc(C(C)N)c2)O1. The molecule has 15 heavy (non-hydrogen) atoms. The molecule has 3 unspecified atom stereocenters. The van der Waals surface area contributed by atoms with Gasteiger partial charge in [0.1, 0.15) is 0 Å². The average molecular weight is 208 g/mol. The molecule has 0 bridgehead atoms. The van der Waals surface area contributed by atoms with Gasteiger partial charge in [-0.25, -0.2) is 0 Å². The molecule has 1 aliphatic heterocycles. The van der Waals surface area contributed by atoms with Crippen molar-refractivity contribution in [1.82, 2.24) is 4.57 Å². The molecule has 1 saturated heterocycles. The van der Waals surface area contributed by atoms with Gasteiger partial charge in [0.15, 0.2) is 0 Å². The van der Waals surface area contributed by atoms with Gasteiger partial charge in [-0.1, -0.05) is 0 Å². The molecule has 3 nitrogen and oxygen atoms in total. The normalized spacial score (nSPS) is 28.2. The minimum Gasteiger partial charge on any atom is -0.373 e. The second-order valence-corrected chi connectivity index (χ2v) is 4.58. The topological polar surface area (TPSA) is 40.2 Å². The molecule has 1 aliphatic rings. The zero-order chi connectivity index (χ0) is 10.8.